The number of hydrogen-bond donors (Lipinski definition) is 1. The van der Waals surface area contributed by atoms with E-state index < -0.39 is 0 Å². The van der Waals surface area contributed by atoms with Crippen molar-refractivity contribution in [2.75, 3.05) is 52.9 Å². The van der Waals surface area contributed by atoms with Crippen LogP contribution in [0, 0.1) is 0 Å². The normalized spacial score (nSPS) is 11.2. The van der Waals surface area contributed by atoms with Crippen molar-refractivity contribution in [3.8, 4) is 0 Å². The SMILES string of the molecule is OCCOCCOCCOCCOCc1ccc2ccccc2c1. The highest BCUT2D eigenvalue weighted by Gasteiger charge is 1.97. The number of benzene rings is 2. The largest absolute Gasteiger partial charge is 0.394 e. The standard InChI is InChI=1S/C19H26O5/c20-7-8-21-9-10-22-11-12-23-13-14-24-16-17-5-6-18-3-1-2-4-19(18)15-17/h1-6,15,20H,7-14,16H2. The number of aliphatic hydroxyl groups is 1. The zero-order valence-corrected chi connectivity index (χ0v) is 14.0. The second kappa shape index (κ2) is 11.9. The first-order valence-electron chi connectivity index (χ1n) is 8.29. The van der Waals surface area contributed by atoms with Crippen molar-refractivity contribution in [3.63, 3.8) is 0 Å². The van der Waals surface area contributed by atoms with Gasteiger partial charge in [-0.3, -0.25) is 0 Å². The van der Waals surface area contributed by atoms with Crippen LogP contribution in [0.5, 0.6) is 0 Å². The summed E-state index contributed by atoms with van der Waals surface area (Å²) in [5.41, 5.74) is 1.17. The van der Waals surface area contributed by atoms with E-state index in [-0.39, 0.29) is 6.61 Å². The number of aliphatic hydroxyl groups excluding tert-OH is 1. The van der Waals surface area contributed by atoms with Gasteiger partial charge in [0, 0.05) is 0 Å². The van der Waals surface area contributed by atoms with E-state index in [0.717, 1.165) is 0 Å². The van der Waals surface area contributed by atoms with Gasteiger partial charge in [-0.05, 0) is 22.4 Å². The third-order valence-electron chi connectivity index (χ3n) is 3.43. The maximum Gasteiger partial charge on any atom is 0.0718 e. The highest BCUT2D eigenvalue weighted by Crippen LogP contribution is 2.16. The molecule has 1 N–H and O–H groups in total. The van der Waals surface area contributed by atoms with Gasteiger partial charge in [0.1, 0.15) is 0 Å². The van der Waals surface area contributed by atoms with Crippen molar-refractivity contribution in [1.29, 1.82) is 0 Å². The molecule has 0 aliphatic rings. The van der Waals surface area contributed by atoms with Gasteiger partial charge in [0.15, 0.2) is 0 Å². The zero-order chi connectivity index (χ0) is 16.9. The molecular formula is C19H26O5. The van der Waals surface area contributed by atoms with Crippen LogP contribution in [0.2, 0.25) is 0 Å². The minimum absolute atomic E-state index is 0.0440. The molecule has 0 aliphatic heterocycles. The molecule has 5 nitrogen and oxygen atoms in total. The lowest BCUT2D eigenvalue weighted by Crippen LogP contribution is -2.12. The summed E-state index contributed by atoms with van der Waals surface area (Å²) in [5.74, 6) is 0. The lowest BCUT2D eigenvalue weighted by molar-refractivity contribution is -0.00742. The van der Waals surface area contributed by atoms with E-state index in [2.05, 4.69) is 30.3 Å². The number of rotatable bonds is 13. The van der Waals surface area contributed by atoms with Crippen LogP contribution >= 0.6 is 0 Å². The maximum atomic E-state index is 8.53. The summed E-state index contributed by atoms with van der Waals surface area (Å²) < 4.78 is 21.5. The molecule has 0 aromatic heterocycles. The van der Waals surface area contributed by atoms with Crippen molar-refractivity contribution in [3.05, 3.63) is 48.0 Å². The van der Waals surface area contributed by atoms with Crippen molar-refractivity contribution in [2.45, 2.75) is 6.61 Å². The lowest BCUT2D eigenvalue weighted by atomic mass is 10.1. The third-order valence-corrected chi connectivity index (χ3v) is 3.43. The Bertz CT molecular complexity index is 572. The quantitative estimate of drug-likeness (QED) is 0.570. The molecule has 0 saturated heterocycles. The molecule has 24 heavy (non-hydrogen) atoms. The Kier molecular flexibility index (Phi) is 9.38. The van der Waals surface area contributed by atoms with Crippen LogP contribution in [-0.4, -0.2) is 58.0 Å². The van der Waals surface area contributed by atoms with E-state index in [9.17, 15) is 0 Å². The first-order chi connectivity index (χ1) is 11.9. The van der Waals surface area contributed by atoms with E-state index in [1.54, 1.807) is 0 Å². The van der Waals surface area contributed by atoms with E-state index in [1.807, 2.05) is 12.1 Å². The number of hydrogen-bond acceptors (Lipinski definition) is 5. The van der Waals surface area contributed by atoms with Crippen molar-refractivity contribution in [2.24, 2.45) is 0 Å². The average Bonchev–Trinajstić information content (AvgIpc) is 2.62. The van der Waals surface area contributed by atoms with E-state index in [4.69, 9.17) is 24.1 Å². The summed E-state index contributed by atoms with van der Waals surface area (Å²) >= 11 is 0. The molecule has 5 heteroatoms. The van der Waals surface area contributed by atoms with Gasteiger partial charge in [-0.25, -0.2) is 0 Å². The van der Waals surface area contributed by atoms with Gasteiger partial charge in [0.25, 0.3) is 0 Å². The van der Waals surface area contributed by atoms with Crippen LogP contribution in [0.3, 0.4) is 0 Å². The molecule has 132 valence electrons. The predicted molar refractivity (Wildman–Crippen MR) is 93.1 cm³/mol. The van der Waals surface area contributed by atoms with E-state index >= 15 is 0 Å². The fourth-order valence-electron chi connectivity index (χ4n) is 2.24. The van der Waals surface area contributed by atoms with Gasteiger partial charge in [-0.15, -0.1) is 0 Å². The van der Waals surface area contributed by atoms with Crippen molar-refractivity contribution in [1.82, 2.24) is 0 Å². The molecule has 2 rings (SSSR count). The predicted octanol–water partition coefficient (Wildman–Crippen LogP) is 2.40. The number of fused-ring (bicyclic) bond motifs is 1. The van der Waals surface area contributed by atoms with Gasteiger partial charge in [-0.2, -0.15) is 0 Å². The van der Waals surface area contributed by atoms with Crippen LogP contribution in [0.15, 0.2) is 42.5 Å². The van der Waals surface area contributed by atoms with Crippen LogP contribution in [0.25, 0.3) is 10.8 Å². The summed E-state index contributed by atoms with van der Waals surface area (Å²) in [4.78, 5) is 0. The van der Waals surface area contributed by atoms with Crippen molar-refractivity contribution >= 4 is 10.8 Å². The van der Waals surface area contributed by atoms with Crippen LogP contribution in [0.1, 0.15) is 5.56 Å². The minimum Gasteiger partial charge on any atom is -0.394 e. The Hall–Kier alpha value is -1.50. The molecule has 0 aliphatic carbocycles. The highest BCUT2D eigenvalue weighted by molar-refractivity contribution is 5.82. The summed E-state index contributed by atoms with van der Waals surface area (Å²) in [5, 5.41) is 11.0. The van der Waals surface area contributed by atoms with Crippen LogP contribution < -0.4 is 0 Å². The third kappa shape index (κ3) is 7.38. The maximum absolute atomic E-state index is 8.53. The van der Waals surface area contributed by atoms with Crippen molar-refractivity contribution < 1.29 is 24.1 Å². The Morgan fingerprint density at radius 3 is 1.88 bits per heavy atom. The molecular weight excluding hydrogens is 308 g/mol. The fourth-order valence-corrected chi connectivity index (χ4v) is 2.24. The van der Waals surface area contributed by atoms with Gasteiger partial charge in [0.05, 0.1) is 59.5 Å². The first kappa shape index (κ1) is 18.8. The van der Waals surface area contributed by atoms with E-state index in [1.165, 1.54) is 16.3 Å². The minimum atomic E-state index is 0.0440. The first-order valence-corrected chi connectivity index (χ1v) is 8.29. The molecule has 0 heterocycles. The molecule has 0 bridgehead atoms. The van der Waals surface area contributed by atoms with Crippen LogP contribution in [0.4, 0.5) is 0 Å². The lowest BCUT2D eigenvalue weighted by Gasteiger charge is -2.08. The topological polar surface area (TPSA) is 57.2 Å². The Morgan fingerprint density at radius 1 is 0.625 bits per heavy atom. The van der Waals surface area contributed by atoms with Crippen LogP contribution in [-0.2, 0) is 25.6 Å². The fraction of sp³-hybridized carbons (Fsp3) is 0.474. The van der Waals surface area contributed by atoms with Gasteiger partial charge >= 0.3 is 0 Å². The molecule has 0 unspecified atom stereocenters. The van der Waals surface area contributed by atoms with E-state index in [0.29, 0.717) is 52.9 Å². The summed E-state index contributed by atoms with van der Waals surface area (Å²) in [7, 11) is 0. The molecule has 0 atom stereocenters. The molecule has 0 spiro atoms. The summed E-state index contributed by atoms with van der Waals surface area (Å²) in [6, 6.07) is 14.7. The molecule has 2 aromatic rings. The average molecular weight is 334 g/mol. The van der Waals surface area contributed by atoms with Gasteiger partial charge < -0.3 is 24.1 Å². The number of ether oxygens (including phenoxy) is 4. The second-order valence-electron chi connectivity index (χ2n) is 5.29. The molecule has 0 fully saturated rings. The highest BCUT2D eigenvalue weighted by atomic mass is 16.6. The second-order valence-corrected chi connectivity index (χ2v) is 5.29. The monoisotopic (exact) mass is 334 g/mol. The Balaban J connectivity index is 1.46. The molecule has 2 aromatic carbocycles. The Morgan fingerprint density at radius 2 is 1.21 bits per heavy atom. The smallest absolute Gasteiger partial charge is 0.0718 e. The Labute approximate surface area is 143 Å². The zero-order valence-electron chi connectivity index (χ0n) is 14.0. The van der Waals surface area contributed by atoms with Gasteiger partial charge in [-0.1, -0.05) is 36.4 Å². The molecule has 0 radical (unpaired) electrons. The molecule has 0 saturated carbocycles. The van der Waals surface area contributed by atoms with Gasteiger partial charge in [0.2, 0.25) is 0 Å². The molecule has 0 amide bonds. The summed E-state index contributed by atoms with van der Waals surface area (Å²) in [6.07, 6.45) is 0. The summed E-state index contributed by atoms with van der Waals surface area (Å²) in [6.45, 7) is 4.19.